The second kappa shape index (κ2) is 8.86. The van der Waals surface area contributed by atoms with Crippen molar-refractivity contribution in [2.45, 2.75) is 32.9 Å². The summed E-state index contributed by atoms with van der Waals surface area (Å²) in [6.45, 7) is 5.93. The Balaban J connectivity index is 2.60. The number of aliphatic imine (C=N–C) groups is 1. The normalized spacial score (nSPS) is 13.0. The van der Waals surface area contributed by atoms with Crippen molar-refractivity contribution in [1.82, 2.24) is 16.0 Å². The molecule has 1 atom stereocenters. The van der Waals surface area contributed by atoms with E-state index in [4.69, 9.17) is 23.2 Å². The Morgan fingerprint density at radius 3 is 2.45 bits per heavy atom. The van der Waals surface area contributed by atoms with E-state index < -0.39 is 0 Å². The Kier molecular flexibility index (Phi) is 7.48. The number of rotatable bonds is 5. The Bertz CT molecular complexity index is 546. The molecule has 1 unspecified atom stereocenters. The van der Waals surface area contributed by atoms with E-state index in [0.29, 0.717) is 16.0 Å². The lowest BCUT2D eigenvalue weighted by atomic mass is 10.1. The lowest BCUT2D eigenvalue weighted by molar-refractivity contribution is -0.120. The lowest BCUT2D eigenvalue weighted by Crippen LogP contribution is -2.45. The lowest BCUT2D eigenvalue weighted by Gasteiger charge is -2.19. The fourth-order valence-electron chi connectivity index (χ4n) is 1.87. The quantitative estimate of drug-likeness (QED) is 0.568. The minimum atomic E-state index is -0.0878. The van der Waals surface area contributed by atoms with Crippen LogP contribution in [0.1, 0.15) is 32.4 Å². The third kappa shape index (κ3) is 6.12. The summed E-state index contributed by atoms with van der Waals surface area (Å²) >= 11 is 12.1. The monoisotopic (exact) mass is 344 g/mol. The van der Waals surface area contributed by atoms with Crippen LogP contribution in [-0.4, -0.2) is 31.5 Å². The molecule has 5 nitrogen and oxygen atoms in total. The van der Waals surface area contributed by atoms with Gasteiger partial charge in [0, 0.05) is 23.1 Å². The molecule has 1 aromatic rings. The van der Waals surface area contributed by atoms with Crippen molar-refractivity contribution in [2.24, 2.45) is 4.99 Å². The molecule has 0 spiro atoms. The van der Waals surface area contributed by atoms with Gasteiger partial charge in [-0.25, -0.2) is 0 Å². The average Bonchev–Trinajstić information content (AvgIpc) is 2.42. The molecule has 1 aromatic carbocycles. The van der Waals surface area contributed by atoms with Crippen LogP contribution in [0.5, 0.6) is 0 Å². The second-order valence-corrected chi connectivity index (χ2v) is 6.02. The van der Waals surface area contributed by atoms with Crippen LogP contribution in [-0.2, 0) is 4.79 Å². The van der Waals surface area contributed by atoms with E-state index in [2.05, 4.69) is 20.9 Å². The predicted molar refractivity (Wildman–Crippen MR) is 92.7 cm³/mol. The Hall–Kier alpha value is -1.46. The largest absolute Gasteiger partial charge is 0.352 e. The molecule has 0 heterocycles. The number of guanidine groups is 1. The number of halogens is 2. The molecule has 0 bridgehead atoms. The molecule has 3 N–H and O–H groups in total. The summed E-state index contributed by atoms with van der Waals surface area (Å²) in [7, 11) is 1.64. The van der Waals surface area contributed by atoms with Crippen LogP contribution >= 0.6 is 23.2 Å². The van der Waals surface area contributed by atoms with Gasteiger partial charge in [-0.15, -0.1) is 0 Å². The van der Waals surface area contributed by atoms with Crippen molar-refractivity contribution in [2.75, 3.05) is 13.6 Å². The summed E-state index contributed by atoms with van der Waals surface area (Å²) in [6, 6.07) is 5.37. The summed E-state index contributed by atoms with van der Waals surface area (Å²) in [5.74, 6) is 0.438. The van der Waals surface area contributed by atoms with Crippen LogP contribution < -0.4 is 16.0 Å². The Labute approximate surface area is 141 Å². The molecule has 1 amide bonds. The van der Waals surface area contributed by atoms with E-state index in [1.165, 1.54) is 0 Å². The van der Waals surface area contributed by atoms with Gasteiger partial charge in [-0.2, -0.15) is 0 Å². The summed E-state index contributed by atoms with van der Waals surface area (Å²) in [5.41, 5.74) is 0.903. The summed E-state index contributed by atoms with van der Waals surface area (Å²) < 4.78 is 0. The van der Waals surface area contributed by atoms with Crippen LogP contribution in [0.2, 0.25) is 10.0 Å². The van der Waals surface area contributed by atoms with Crippen LogP contribution in [0.4, 0.5) is 0 Å². The number of nitrogens with zero attached hydrogens (tertiary/aromatic N) is 1. The molecule has 0 aromatic heterocycles. The van der Waals surface area contributed by atoms with Gasteiger partial charge in [0.1, 0.15) is 0 Å². The zero-order chi connectivity index (χ0) is 16.7. The van der Waals surface area contributed by atoms with Crippen molar-refractivity contribution in [3.8, 4) is 0 Å². The molecule has 0 saturated heterocycles. The van der Waals surface area contributed by atoms with E-state index in [1.807, 2.05) is 26.8 Å². The summed E-state index contributed by atoms with van der Waals surface area (Å²) in [6.07, 6.45) is 0. The number of benzene rings is 1. The molecule has 0 radical (unpaired) electrons. The summed E-state index contributed by atoms with van der Waals surface area (Å²) in [5, 5.41) is 10.1. The first-order valence-corrected chi connectivity index (χ1v) is 7.80. The number of carbonyl (C=O) groups is 1. The van der Waals surface area contributed by atoms with Crippen molar-refractivity contribution < 1.29 is 4.79 Å². The molecule has 0 aliphatic heterocycles. The smallest absolute Gasteiger partial charge is 0.239 e. The predicted octanol–water partition coefficient (Wildman–Crippen LogP) is 2.74. The highest BCUT2D eigenvalue weighted by atomic mass is 35.5. The van der Waals surface area contributed by atoms with E-state index in [1.54, 1.807) is 19.2 Å². The topological polar surface area (TPSA) is 65.5 Å². The van der Waals surface area contributed by atoms with Gasteiger partial charge in [-0.05, 0) is 38.5 Å². The molecule has 1 rings (SSSR count). The molecule has 22 heavy (non-hydrogen) atoms. The number of hydrogen-bond donors (Lipinski definition) is 3. The number of carbonyl (C=O) groups excluding carboxylic acids is 1. The fraction of sp³-hybridized carbons (Fsp3) is 0.467. The van der Waals surface area contributed by atoms with Gasteiger partial charge < -0.3 is 16.0 Å². The van der Waals surface area contributed by atoms with Crippen LogP contribution in [0.15, 0.2) is 23.2 Å². The van der Waals surface area contributed by atoms with Gasteiger partial charge >= 0.3 is 0 Å². The maximum atomic E-state index is 11.6. The first kappa shape index (κ1) is 18.6. The van der Waals surface area contributed by atoms with Gasteiger partial charge in [0.2, 0.25) is 5.91 Å². The standard InChI is InChI=1S/C15H22Cl2N4O/c1-9(2)20-14(22)8-19-15(18-4)21-10(3)12-6-5-11(16)7-13(12)17/h5-7,9-10H,8H2,1-4H3,(H,20,22)(H2,18,19,21). The third-order valence-corrected chi connectivity index (χ3v) is 3.43. The zero-order valence-corrected chi connectivity index (χ0v) is 14.7. The van der Waals surface area contributed by atoms with Crippen LogP contribution in [0.25, 0.3) is 0 Å². The maximum Gasteiger partial charge on any atom is 0.239 e. The van der Waals surface area contributed by atoms with Gasteiger partial charge in [0.05, 0.1) is 12.6 Å². The van der Waals surface area contributed by atoms with E-state index >= 15 is 0 Å². The van der Waals surface area contributed by atoms with Crippen molar-refractivity contribution >= 4 is 35.1 Å². The zero-order valence-electron chi connectivity index (χ0n) is 13.2. The molecular formula is C15H22Cl2N4O. The van der Waals surface area contributed by atoms with Crippen LogP contribution in [0.3, 0.4) is 0 Å². The molecule has 0 saturated carbocycles. The van der Waals surface area contributed by atoms with E-state index in [0.717, 1.165) is 5.56 Å². The molecule has 0 aliphatic carbocycles. The minimum absolute atomic E-state index is 0.0795. The number of hydrogen-bond acceptors (Lipinski definition) is 2. The van der Waals surface area contributed by atoms with Crippen LogP contribution in [0, 0.1) is 0 Å². The van der Waals surface area contributed by atoms with Gasteiger partial charge in [0.15, 0.2) is 5.96 Å². The van der Waals surface area contributed by atoms with Gasteiger partial charge in [-0.1, -0.05) is 29.3 Å². The first-order chi connectivity index (χ1) is 10.3. The average molecular weight is 345 g/mol. The second-order valence-electron chi connectivity index (χ2n) is 5.18. The fourth-order valence-corrected chi connectivity index (χ4v) is 2.44. The number of amides is 1. The highest BCUT2D eigenvalue weighted by molar-refractivity contribution is 6.35. The van der Waals surface area contributed by atoms with E-state index in [-0.39, 0.29) is 24.5 Å². The SMILES string of the molecule is CN=C(NCC(=O)NC(C)C)NC(C)c1ccc(Cl)cc1Cl. The highest BCUT2D eigenvalue weighted by Crippen LogP contribution is 2.25. The minimum Gasteiger partial charge on any atom is -0.352 e. The molecule has 122 valence electrons. The molecule has 0 aliphatic rings. The number of nitrogens with one attached hydrogen (secondary N) is 3. The van der Waals surface area contributed by atoms with Crippen molar-refractivity contribution in [3.05, 3.63) is 33.8 Å². The third-order valence-electron chi connectivity index (χ3n) is 2.87. The van der Waals surface area contributed by atoms with E-state index in [9.17, 15) is 4.79 Å². The summed E-state index contributed by atoms with van der Waals surface area (Å²) in [4.78, 5) is 15.7. The molecule has 7 heteroatoms. The van der Waals surface area contributed by atoms with Gasteiger partial charge in [0.25, 0.3) is 0 Å². The highest BCUT2D eigenvalue weighted by Gasteiger charge is 2.12. The maximum absolute atomic E-state index is 11.6. The molecular weight excluding hydrogens is 323 g/mol. The first-order valence-electron chi connectivity index (χ1n) is 7.05. The Morgan fingerprint density at radius 2 is 1.91 bits per heavy atom. The molecule has 0 fully saturated rings. The van der Waals surface area contributed by atoms with Crippen molar-refractivity contribution in [1.29, 1.82) is 0 Å². The van der Waals surface area contributed by atoms with Crippen molar-refractivity contribution in [3.63, 3.8) is 0 Å². The van der Waals surface area contributed by atoms with Gasteiger partial charge in [-0.3, -0.25) is 9.79 Å². The Morgan fingerprint density at radius 1 is 1.23 bits per heavy atom.